The minimum atomic E-state index is -0.691. The highest BCUT2D eigenvalue weighted by Gasteiger charge is 2.17. The number of nitrogens with zero attached hydrogens (tertiary/aromatic N) is 4. The van der Waals surface area contributed by atoms with Gasteiger partial charge < -0.3 is 15.2 Å². The molecule has 0 aliphatic carbocycles. The van der Waals surface area contributed by atoms with Crippen molar-refractivity contribution in [3.63, 3.8) is 0 Å². The molecule has 0 spiro atoms. The predicted molar refractivity (Wildman–Crippen MR) is 110 cm³/mol. The third-order valence-electron chi connectivity index (χ3n) is 4.41. The molecule has 144 valence electrons. The maximum absolute atomic E-state index is 10.5. The fraction of sp³-hybridized carbons (Fsp3) is 0.250. The van der Waals surface area contributed by atoms with Gasteiger partial charge in [-0.1, -0.05) is 30.3 Å². The molecule has 0 aliphatic heterocycles. The monoisotopic (exact) mass is 395 g/mol. The Hall–Kier alpha value is -2.81. The summed E-state index contributed by atoms with van der Waals surface area (Å²) in [4.78, 5) is 10.2. The highest BCUT2D eigenvalue weighted by atomic mass is 32.1. The lowest BCUT2D eigenvalue weighted by atomic mass is 10.1. The summed E-state index contributed by atoms with van der Waals surface area (Å²) in [5, 5.41) is 21.0. The summed E-state index contributed by atoms with van der Waals surface area (Å²) in [6.07, 6.45) is 2.78. The molecule has 0 amide bonds. The number of ether oxygens (including phenoxy) is 1. The number of aryl methyl sites for hydroxylation is 1. The van der Waals surface area contributed by atoms with E-state index in [1.165, 1.54) is 0 Å². The van der Waals surface area contributed by atoms with Crippen LogP contribution in [0, 0.1) is 0 Å². The maximum atomic E-state index is 10.5. The summed E-state index contributed by atoms with van der Waals surface area (Å²) in [6.45, 7) is 0.642. The van der Waals surface area contributed by atoms with Crippen LogP contribution in [-0.4, -0.2) is 38.5 Å². The van der Waals surface area contributed by atoms with Gasteiger partial charge in [0.2, 0.25) is 0 Å². The Morgan fingerprint density at radius 3 is 2.79 bits per heavy atom. The van der Waals surface area contributed by atoms with Crippen LogP contribution in [0.1, 0.15) is 17.5 Å². The summed E-state index contributed by atoms with van der Waals surface area (Å²) < 4.78 is 6.88. The summed E-state index contributed by atoms with van der Waals surface area (Å²) in [5.41, 5.74) is 2.93. The standard InChI is InChI=1S/C20H21N5O2S/c1-25-10-14(8-22-25)16(26)9-21-19-18-15(13-6-4-3-5-7-13)12-28-20(18)24-17(23-19)11-27-2/h3-8,10,12,16,26H,9,11H2,1-2H3,(H,21,23,24). The van der Waals surface area contributed by atoms with E-state index in [2.05, 4.69) is 37.9 Å². The van der Waals surface area contributed by atoms with Gasteiger partial charge in [-0.05, 0) is 5.56 Å². The Morgan fingerprint density at radius 1 is 1.25 bits per heavy atom. The molecule has 3 aromatic heterocycles. The second-order valence-corrected chi connectivity index (χ2v) is 7.32. The van der Waals surface area contributed by atoms with Gasteiger partial charge in [0.05, 0.1) is 17.7 Å². The number of rotatable bonds is 7. The number of thiophene rings is 1. The summed E-state index contributed by atoms with van der Waals surface area (Å²) >= 11 is 1.57. The van der Waals surface area contributed by atoms with E-state index in [-0.39, 0.29) is 0 Å². The third-order valence-corrected chi connectivity index (χ3v) is 5.28. The lowest BCUT2D eigenvalue weighted by Gasteiger charge is -2.13. The van der Waals surface area contributed by atoms with Crippen LogP contribution in [0.4, 0.5) is 5.82 Å². The topological polar surface area (TPSA) is 85.1 Å². The van der Waals surface area contributed by atoms with E-state index in [4.69, 9.17) is 4.74 Å². The Morgan fingerprint density at radius 2 is 2.07 bits per heavy atom. The molecule has 0 radical (unpaired) electrons. The molecule has 28 heavy (non-hydrogen) atoms. The number of hydrogen-bond acceptors (Lipinski definition) is 7. The van der Waals surface area contributed by atoms with Gasteiger partial charge in [0.15, 0.2) is 5.82 Å². The number of aromatic nitrogens is 4. The van der Waals surface area contributed by atoms with Crippen LogP contribution in [0.2, 0.25) is 0 Å². The van der Waals surface area contributed by atoms with Crippen molar-refractivity contribution in [2.24, 2.45) is 7.05 Å². The first-order valence-electron chi connectivity index (χ1n) is 8.88. The van der Waals surface area contributed by atoms with Crippen LogP contribution in [0.15, 0.2) is 48.1 Å². The van der Waals surface area contributed by atoms with Crippen LogP contribution in [0.25, 0.3) is 21.3 Å². The zero-order valence-corrected chi connectivity index (χ0v) is 16.5. The molecule has 4 rings (SSSR count). The van der Waals surface area contributed by atoms with Crippen LogP contribution < -0.4 is 5.32 Å². The smallest absolute Gasteiger partial charge is 0.158 e. The molecule has 3 heterocycles. The molecular formula is C20H21N5O2S. The van der Waals surface area contributed by atoms with Crippen molar-refractivity contribution < 1.29 is 9.84 Å². The highest BCUT2D eigenvalue weighted by Crippen LogP contribution is 2.37. The number of benzene rings is 1. The number of nitrogens with one attached hydrogen (secondary N) is 1. The lowest BCUT2D eigenvalue weighted by molar-refractivity contribution is 0.178. The molecule has 0 saturated carbocycles. The number of aliphatic hydroxyl groups excluding tert-OH is 1. The van der Waals surface area contributed by atoms with Crippen LogP contribution in [-0.2, 0) is 18.4 Å². The molecule has 0 fully saturated rings. The van der Waals surface area contributed by atoms with Crippen molar-refractivity contribution in [3.05, 3.63) is 59.5 Å². The molecule has 1 aromatic carbocycles. The SMILES string of the molecule is COCc1nc(NCC(O)c2cnn(C)c2)c2c(-c3ccccc3)csc2n1. The average molecular weight is 395 g/mol. The predicted octanol–water partition coefficient (Wildman–Crippen LogP) is 3.38. The third kappa shape index (κ3) is 3.75. The van der Waals surface area contributed by atoms with Crippen molar-refractivity contribution in [1.29, 1.82) is 0 Å². The van der Waals surface area contributed by atoms with Gasteiger partial charge in [0.1, 0.15) is 17.3 Å². The zero-order valence-electron chi connectivity index (χ0n) is 15.7. The molecule has 7 nitrogen and oxygen atoms in total. The first kappa shape index (κ1) is 18.5. The molecule has 4 aromatic rings. The van der Waals surface area contributed by atoms with Crippen molar-refractivity contribution >= 4 is 27.4 Å². The second kappa shape index (κ2) is 8.05. The Labute approximate surface area is 166 Å². The Kier molecular flexibility index (Phi) is 5.34. The van der Waals surface area contributed by atoms with Gasteiger partial charge in [0, 0.05) is 43.4 Å². The van der Waals surface area contributed by atoms with Gasteiger partial charge in [-0.25, -0.2) is 9.97 Å². The normalized spacial score (nSPS) is 12.4. The minimum Gasteiger partial charge on any atom is -0.386 e. The molecule has 0 bridgehead atoms. The molecule has 1 atom stereocenters. The lowest BCUT2D eigenvalue weighted by Crippen LogP contribution is -2.14. The van der Waals surface area contributed by atoms with Gasteiger partial charge >= 0.3 is 0 Å². The maximum Gasteiger partial charge on any atom is 0.158 e. The first-order valence-corrected chi connectivity index (χ1v) is 9.76. The van der Waals surface area contributed by atoms with E-state index in [1.54, 1.807) is 35.5 Å². The van der Waals surface area contributed by atoms with Crippen molar-refractivity contribution in [2.45, 2.75) is 12.7 Å². The van der Waals surface area contributed by atoms with Gasteiger partial charge in [-0.3, -0.25) is 4.68 Å². The van der Waals surface area contributed by atoms with E-state index in [0.717, 1.165) is 26.9 Å². The van der Waals surface area contributed by atoms with Crippen LogP contribution in [0.5, 0.6) is 0 Å². The molecule has 2 N–H and O–H groups in total. The zero-order chi connectivity index (χ0) is 19.5. The van der Waals surface area contributed by atoms with Gasteiger partial charge in [-0.15, -0.1) is 11.3 Å². The molecule has 8 heteroatoms. The average Bonchev–Trinajstić information content (AvgIpc) is 3.33. The van der Waals surface area contributed by atoms with Crippen LogP contribution >= 0.6 is 11.3 Å². The van der Waals surface area contributed by atoms with E-state index >= 15 is 0 Å². The largest absolute Gasteiger partial charge is 0.386 e. The fourth-order valence-corrected chi connectivity index (χ4v) is 4.03. The number of methoxy groups -OCH3 is 1. The van der Waals surface area contributed by atoms with Gasteiger partial charge in [-0.2, -0.15) is 5.10 Å². The quantitative estimate of drug-likeness (QED) is 0.499. The van der Waals surface area contributed by atoms with E-state index < -0.39 is 6.10 Å². The second-order valence-electron chi connectivity index (χ2n) is 6.46. The summed E-state index contributed by atoms with van der Waals surface area (Å²) in [5.74, 6) is 1.30. The van der Waals surface area contributed by atoms with Crippen molar-refractivity contribution in [2.75, 3.05) is 19.0 Å². The minimum absolute atomic E-state index is 0.314. The van der Waals surface area contributed by atoms with Crippen molar-refractivity contribution in [3.8, 4) is 11.1 Å². The number of anilines is 1. The molecule has 1 unspecified atom stereocenters. The van der Waals surface area contributed by atoms with Crippen LogP contribution in [0.3, 0.4) is 0 Å². The fourth-order valence-electron chi connectivity index (χ4n) is 3.06. The number of aliphatic hydroxyl groups is 1. The van der Waals surface area contributed by atoms with E-state index in [0.29, 0.717) is 24.8 Å². The van der Waals surface area contributed by atoms with E-state index in [1.807, 2.05) is 25.2 Å². The first-order chi connectivity index (χ1) is 13.7. The summed E-state index contributed by atoms with van der Waals surface area (Å²) in [6, 6.07) is 10.2. The Bertz CT molecular complexity index is 1080. The van der Waals surface area contributed by atoms with Crippen molar-refractivity contribution in [1.82, 2.24) is 19.7 Å². The molecular weight excluding hydrogens is 374 g/mol. The number of fused-ring (bicyclic) bond motifs is 1. The molecule has 0 aliphatic rings. The number of hydrogen-bond donors (Lipinski definition) is 2. The Balaban J connectivity index is 1.70. The molecule has 0 saturated heterocycles. The summed E-state index contributed by atoms with van der Waals surface area (Å²) in [7, 11) is 3.45. The van der Waals surface area contributed by atoms with E-state index in [9.17, 15) is 5.11 Å². The highest BCUT2D eigenvalue weighted by molar-refractivity contribution is 7.17. The van der Waals surface area contributed by atoms with Gasteiger partial charge in [0.25, 0.3) is 0 Å².